The molecule has 5 heteroatoms. The summed E-state index contributed by atoms with van der Waals surface area (Å²) in [4.78, 5) is 14.6. The van der Waals surface area contributed by atoms with E-state index in [4.69, 9.17) is 16.7 Å². The van der Waals surface area contributed by atoms with Gasteiger partial charge in [-0.05, 0) is 30.7 Å². The summed E-state index contributed by atoms with van der Waals surface area (Å²) in [6.45, 7) is 1.59. The van der Waals surface area contributed by atoms with E-state index in [2.05, 4.69) is 4.98 Å². The van der Waals surface area contributed by atoms with E-state index in [1.54, 1.807) is 6.92 Å². The van der Waals surface area contributed by atoms with Crippen LogP contribution in [0.4, 0.5) is 4.39 Å². The smallest absolute Gasteiger partial charge is 0.354 e. The van der Waals surface area contributed by atoms with E-state index in [1.807, 2.05) is 0 Å². The molecule has 0 radical (unpaired) electrons. The number of fused-ring (bicyclic) bond motifs is 1. The van der Waals surface area contributed by atoms with Gasteiger partial charge in [0.15, 0.2) is 0 Å². The van der Waals surface area contributed by atoms with Gasteiger partial charge in [0.05, 0.1) is 10.5 Å². The van der Waals surface area contributed by atoms with E-state index in [0.717, 1.165) is 6.07 Å². The van der Waals surface area contributed by atoms with Crippen molar-refractivity contribution < 1.29 is 14.3 Å². The first-order chi connectivity index (χ1) is 7.50. The number of aromatic nitrogens is 1. The zero-order chi connectivity index (χ0) is 11.9. The van der Waals surface area contributed by atoms with E-state index < -0.39 is 11.8 Å². The summed E-state index contributed by atoms with van der Waals surface area (Å²) in [6, 6.07) is 3.97. The summed E-state index contributed by atoms with van der Waals surface area (Å²) < 4.78 is 13.3. The molecule has 0 saturated heterocycles. The number of benzene rings is 1. The van der Waals surface area contributed by atoms with E-state index in [9.17, 15) is 9.18 Å². The summed E-state index contributed by atoms with van der Waals surface area (Å²) in [6.07, 6.45) is 0. The molecule has 0 aliphatic heterocycles. The van der Waals surface area contributed by atoms with Crippen LogP contribution in [-0.4, -0.2) is 16.1 Å². The average Bonchev–Trinajstić information content (AvgIpc) is 2.25. The molecule has 1 aromatic heterocycles. The predicted molar refractivity (Wildman–Crippen MR) is 58.4 cm³/mol. The average molecular weight is 240 g/mol. The lowest BCUT2D eigenvalue weighted by Gasteiger charge is -2.05. The molecule has 16 heavy (non-hydrogen) atoms. The van der Waals surface area contributed by atoms with Gasteiger partial charge in [0, 0.05) is 5.39 Å². The van der Waals surface area contributed by atoms with Crippen LogP contribution in [-0.2, 0) is 0 Å². The molecule has 1 aromatic carbocycles. The van der Waals surface area contributed by atoms with Crippen molar-refractivity contribution >= 4 is 28.5 Å². The minimum Gasteiger partial charge on any atom is -0.477 e. The third-order valence-electron chi connectivity index (χ3n) is 2.36. The van der Waals surface area contributed by atoms with Gasteiger partial charge < -0.3 is 5.11 Å². The highest BCUT2D eigenvalue weighted by Gasteiger charge is 2.12. The van der Waals surface area contributed by atoms with Gasteiger partial charge >= 0.3 is 5.97 Å². The molecule has 1 heterocycles. The molecule has 1 N–H and O–H groups in total. The largest absolute Gasteiger partial charge is 0.477 e. The molecule has 82 valence electrons. The van der Waals surface area contributed by atoms with Crippen molar-refractivity contribution in [3.05, 3.63) is 40.3 Å². The second-order valence-electron chi connectivity index (χ2n) is 3.36. The molecule has 0 atom stereocenters. The number of halogens is 2. The zero-order valence-corrected chi connectivity index (χ0v) is 9.05. The van der Waals surface area contributed by atoms with Crippen molar-refractivity contribution in [2.24, 2.45) is 0 Å². The number of hydrogen-bond acceptors (Lipinski definition) is 2. The van der Waals surface area contributed by atoms with Crippen molar-refractivity contribution in [1.82, 2.24) is 4.98 Å². The lowest BCUT2D eigenvalue weighted by molar-refractivity contribution is 0.0691. The number of carboxylic acid groups (broad SMARTS) is 1. The van der Waals surface area contributed by atoms with Crippen LogP contribution < -0.4 is 0 Å². The van der Waals surface area contributed by atoms with Crippen molar-refractivity contribution in [1.29, 1.82) is 0 Å². The molecule has 0 amide bonds. The maximum absolute atomic E-state index is 13.3. The molecule has 0 bridgehead atoms. The Kier molecular flexibility index (Phi) is 2.52. The Morgan fingerprint density at radius 1 is 1.50 bits per heavy atom. The van der Waals surface area contributed by atoms with Crippen molar-refractivity contribution in [3.63, 3.8) is 0 Å². The molecule has 0 saturated carbocycles. The molecular weight excluding hydrogens is 233 g/mol. The fourth-order valence-electron chi connectivity index (χ4n) is 1.48. The highest BCUT2D eigenvalue weighted by atomic mass is 35.5. The number of carboxylic acids is 1. The van der Waals surface area contributed by atoms with Gasteiger partial charge in [0.25, 0.3) is 0 Å². The molecule has 0 aliphatic carbocycles. The van der Waals surface area contributed by atoms with Gasteiger partial charge in [-0.1, -0.05) is 11.6 Å². The van der Waals surface area contributed by atoms with Crippen LogP contribution in [0.25, 0.3) is 10.9 Å². The highest BCUT2D eigenvalue weighted by molar-refractivity contribution is 6.35. The van der Waals surface area contributed by atoms with Crippen molar-refractivity contribution in [3.8, 4) is 0 Å². The Balaban J connectivity index is 2.84. The molecule has 0 unspecified atom stereocenters. The molecule has 0 spiro atoms. The molecule has 2 rings (SSSR count). The highest BCUT2D eigenvalue weighted by Crippen LogP contribution is 2.27. The Bertz CT molecular complexity index is 598. The summed E-state index contributed by atoms with van der Waals surface area (Å²) >= 11 is 5.82. The number of hydrogen-bond donors (Lipinski definition) is 1. The van der Waals surface area contributed by atoms with Crippen molar-refractivity contribution in [2.75, 3.05) is 0 Å². The van der Waals surface area contributed by atoms with Crippen LogP contribution in [0.15, 0.2) is 18.2 Å². The Labute approximate surface area is 95.5 Å². The summed E-state index contributed by atoms with van der Waals surface area (Å²) in [5.74, 6) is -1.57. The quantitative estimate of drug-likeness (QED) is 0.832. The molecule has 0 fully saturated rings. The Morgan fingerprint density at radius 2 is 2.19 bits per heavy atom. The summed E-state index contributed by atoms with van der Waals surface area (Å²) in [7, 11) is 0. The molecule has 3 nitrogen and oxygen atoms in total. The minimum atomic E-state index is -1.14. The number of aryl methyl sites for hydroxylation is 1. The Morgan fingerprint density at radius 3 is 2.81 bits per heavy atom. The van der Waals surface area contributed by atoms with Gasteiger partial charge in [-0.25, -0.2) is 14.2 Å². The normalized spacial score (nSPS) is 10.7. The van der Waals surface area contributed by atoms with Crippen LogP contribution in [0.1, 0.15) is 16.1 Å². The molecular formula is C11H7ClFNO2. The number of nitrogens with zero attached hydrogens (tertiary/aromatic N) is 1. The van der Waals surface area contributed by atoms with Crippen LogP contribution in [0.5, 0.6) is 0 Å². The SMILES string of the molecule is Cc1c(F)cc(Cl)c2nc(C(=O)O)ccc12. The standard InChI is InChI=1S/C11H7ClFNO2/c1-5-6-2-3-9(11(15)16)14-10(6)7(12)4-8(5)13/h2-4H,1H3,(H,15,16). The number of pyridine rings is 1. The van der Waals surface area contributed by atoms with Crippen LogP contribution in [0, 0.1) is 12.7 Å². The first-order valence-electron chi connectivity index (χ1n) is 4.49. The van der Waals surface area contributed by atoms with E-state index in [0.29, 0.717) is 16.5 Å². The predicted octanol–water partition coefficient (Wildman–Crippen LogP) is 3.03. The van der Waals surface area contributed by atoms with Crippen molar-refractivity contribution in [2.45, 2.75) is 6.92 Å². The second-order valence-corrected chi connectivity index (χ2v) is 3.77. The first-order valence-corrected chi connectivity index (χ1v) is 4.87. The van der Waals surface area contributed by atoms with Gasteiger partial charge in [-0.3, -0.25) is 0 Å². The third kappa shape index (κ3) is 1.61. The lowest BCUT2D eigenvalue weighted by Crippen LogP contribution is -2.01. The second kappa shape index (κ2) is 3.72. The van der Waals surface area contributed by atoms with Gasteiger partial charge in [0.1, 0.15) is 11.5 Å². The molecule has 0 aliphatic rings. The maximum Gasteiger partial charge on any atom is 0.354 e. The topological polar surface area (TPSA) is 50.2 Å². The first kappa shape index (κ1) is 10.8. The maximum atomic E-state index is 13.3. The Hall–Kier alpha value is -1.68. The van der Waals surface area contributed by atoms with Crippen LogP contribution in [0.2, 0.25) is 5.02 Å². The lowest BCUT2D eigenvalue weighted by atomic mass is 10.1. The van der Waals surface area contributed by atoms with E-state index >= 15 is 0 Å². The molecule has 2 aromatic rings. The number of rotatable bonds is 1. The summed E-state index contributed by atoms with van der Waals surface area (Å²) in [5.41, 5.74) is 0.602. The summed E-state index contributed by atoms with van der Waals surface area (Å²) in [5, 5.41) is 9.41. The van der Waals surface area contributed by atoms with Crippen LogP contribution >= 0.6 is 11.6 Å². The number of carbonyl (C=O) groups is 1. The van der Waals surface area contributed by atoms with Gasteiger partial charge in [0.2, 0.25) is 0 Å². The van der Waals surface area contributed by atoms with E-state index in [-0.39, 0.29) is 10.7 Å². The fourth-order valence-corrected chi connectivity index (χ4v) is 1.72. The zero-order valence-electron chi connectivity index (χ0n) is 8.29. The van der Waals surface area contributed by atoms with E-state index in [1.165, 1.54) is 12.1 Å². The minimum absolute atomic E-state index is 0.111. The van der Waals surface area contributed by atoms with Gasteiger partial charge in [-0.15, -0.1) is 0 Å². The number of aromatic carboxylic acids is 1. The van der Waals surface area contributed by atoms with Crippen LogP contribution in [0.3, 0.4) is 0 Å². The third-order valence-corrected chi connectivity index (χ3v) is 2.64. The fraction of sp³-hybridized carbons (Fsp3) is 0.0909. The van der Waals surface area contributed by atoms with Gasteiger partial charge in [-0.2, -0.15) is 0 Å². The monoisotopic (exact) mass is 239 g/mol.